The predicted molar refractivity (Wildman–Crippen MR) is 94.0 cm³/mol. The Kier molecular flexibility index (Phi) is 7.83. The number of carbonyl (C=O) groups excluding carboxylic acids is 1. The molecule has 2 atom stereocenters. The highest BCUT2D eigenvalue weighted by molar-refractivity contribution is 5.69. The lowest BCUT2D eigenvalue weighted by Gasteiger charge is -2.19. The van der Waals surface area contributed by atoms with E-state index in [0.717, 1.165) is 43.4 Å². The number of benzene rings is 1. The van der Waals surface area contributed by atoms with Crippen LogP contribution in [0.1, 0.15) is 51.0 Å². The molecule has 132 valence electrons. The average molecular weight is 332 g/mol. The fraction of sp³-hybridized carbons (Fsp3) is 0.550. The van der Waals surface area contributed by atoms with Gasteiger partial charge in [0, 0.05) is 12.8 Å². The third-order valence-corrected chi connectivity index (χ3v) is 4.15. The summed E-state index contributed by atoms with van der Waals surface area (Å²) in [5, 5.41) is 0. The first kappa shape index (κ1) is 18.5. The molecule has 0 amide bonds. The molecule has 4 nitrogen and oxygen atoms in total. The first-order valence-corrected chi connectivity index (χ1v) is 8.82. The minimum Gasteiger partial charge on any atom is -0.497 e. The smallest absolute Gasteiger partial charge is 0.306 e. The third-order valence-electron chi connectivity index (χ3n) is 4.15. The molecule has 0 aromatic heterocycles. The van der Waals surface area contributed by atoms with Gasteiger partial charge in [-0.15, -0.1) is 0 Å². The van der Waals surface area contributed by atoms with E-state index in [1.165, 1.54) is 0 Å². The molecular formula is C20H28O4. The van der Waals surface area contributed by atoms with Gasteiger partial charge in [0.1, 0.15) is 11.9 Å². The Hall–Kier alpha value is -1.81. The van der Waals surface area contributed by atoms with Gasteiger partial charge < -0.3 is 14.2 Å². The van der Waals surface area contributed by atoms with Crippen LogP contribution in [0.2, 0.25) is 0 Å². The molecule has 1 aliphatic heterocycles. The van der Waals surface area contributed by atoms with E-state index in [-0.39, 0.29) is 18.2 Å². The number of rotatable bonds is 6. The van der Waals surface area contributed by atoms with Crippen molar-refractivity contribution in [2.24, 2.45) is 0 Å². The van der Waals surface area contributed by atoms with Gasteiger partial charge in [0.15, 0.2) is 0 Å². The zero-order valence-corrected chi connectivity index (χ0v) is 14.7. The van der Waals surface area contributed by atoms with Gasteiger partial charge in [0.2, 0.25) is 0 Å². The van der Waals surface area contributed by atoms with Gasteiger partial charge in [0.25, 0.3) is 0 Å². The summed E-state index contributed by atoms with van der Waals surface area (Å²) >= 11 is 0. The van der Waals surface area contributed by atoms with Crippen LogP contribution >= 0.6 is 0 Å². The Balaban J connectivity index is 1.90. The zero-order valence-electron chi connectivity index (χ0n) is 14.7. The second-order valence-electron chi connectivity index (χ2n) is 6.15. The molecule has 0 spiro atoms. The molecule has 24 heavy (non-hydrogen) atoms. The van der Waals surface area contributed by atoms with Crippen LogP contribution in [0.15, 0.2) is 36.4 Å². The fourth-order valence-corrected chi connectivity index (χ4v) is 2.78. The van der Waals surface area contributed by atoms with Crippen LogP contribution in [0.4, 0.5) is 0 Å². The lowest BCUT2D eigenvalue weighted by atomic mass is 10.1. The number of carbonyl (C=O) groups is 1. The number of methoxy groups -OCH3 is 1. The van der Waals surface area contributed by atoms with Crippen LogP contribution in [0, 0.1) is 0 Å². The largest absolute Gasteiger partial charge is 0.497 e. The number of hydrogen-bond donors (Lipinski definition) is 0. The summed E-state index contributed by atoms with van der Waals surface area (Å²) in [4.78, 5) is 11.8. The van der Waals surface area contributed by atoms with E-state index < -0.39 is 0 Å². The Morgan fingerprint density at radius 3 is 2.75 bits per heavy atom. The van der Waals surface area contributed by atoms with Crippen molar-refractivity contribution in [3.8, 4) is 5.75 Å². The molecule has 1 aromatic rings. The van der Waals surface area contributed by atoms with Crippen LogP contribution in [0.5, 0.6) is 5.75 Å². The van der Waals surface area contributed by atoms with Crippen LogP contribution in [-0.2, 0) is 20.9 Å². The van der Waals surface area contributed by atoms with Gasteiger partial charge in [-0.25, -0.2) is 0 Å². The van der Waals surface area contributed by atoms with Crippen molar-refractivity contribution in [3.05, 3.63) is 42.0 Å². The molecule has 4 heteroatoms. The second-order valence-corrected chi connectivity index (χ2v) is 6.15. The summed E-state index contributed by atoms with van der Waals surface area (Å²) < 4.78 is 16.7. The number of hydrogen-bond acceptors (Lipinski definition) is 4. The highest BCUT2D eigenvalue weighted by Crippen LogP contribution is 2.17. The highest BCUT2D eigenvalue weighted by atomic mass is 16.5. The molecule has 0 saturated heterocycles. The summed E-state index contributed by atoms with van der Waals surface area (Å²) in [6.45, 7) is 2.67. The van der Waals surface area contributed by atoms with Gasteiger partial charge >= 0.3 is 5.97 Å². The molecule has 1 heterocycles. The monoisotopic (exact) mass is 332 g/mol. The molecule has 1 aromatic carbocycles. The van der Waals surface area contributed by atoms with E-state index in [4.69, 9.17) is 14.2 Å². The quantitative estimate of drug-likeness (QED) is 0.571. The zero-order chi connectivity index (χ0) is 17.2. The SMILES string of the molecule is CCC[C@@H]1C/C=C/[C@@H](OCc2ccc(OC)cc2)CCCC(=O)O1. The minimum atomic E-state index is -0.0855. The Labute approximate surface area is 144 Å². The molecular weight excluding hydrogens is 304 g/mol. The summed E-state index contributed by atoms with van der Waals surface area (Å²) in [6, 6.07) is 7.90. The van der Waals surface area contributed by atoms with Crippen molar-refractivity contribution >= 4 is 5.97 Å². The van der Waals surface area contributed by atoms with E-state index in [9.17, 15) is 4.79 Å². The van der Waals surface area contributed by atoms with Crippen LogP contribution < -0.4 is 4.74 Å². The standard InChI is InChI=1S/C20H28O4/c1-3-6-19-9-4-7-18(8-5-10-20(21)24-19)23-15-16-11-13-17(22-2)14-12-16/h4,7,11-14,18-19H,3,5-6,8-10,15H2,1-2H3/b7-4+/t18-,19-/m1/s1. The molecule has 0 N–H and O–H groups in total. The lowest BCUT2D eigenvalue weighted by molar-refractivity contribution is -0.149. The van der Waals surface area contributed by atoms with Gasteiger partial charge in [-0.05, 0) is 37.0 Å². The molecule has 0 radical (unpaired) electrons. The van der Waals surface area contributed by atoms with E-state index in [2.05, 4.69) is 19.1 Å². The van der Waals surface area contributed by atoms with Gasteiger partial charge in [-0.1, -0.05) is 37.6 Å². The van der Waals surface area contributed by atoms with E-state index >= 15 is 0 Å². The van der Waals surface area contributed by atoms with Crippen molar-refractivity contribution < 1.29 is 19.0 Å². The fourth-order valence-electron chi connectivity index (χ4n) is 2.78. The number of cyclic esters (lactones) is 1. The Morgan fingerprint density at radius 1 is 1.25 bits per heavy atom. The van der Waals surface area contributed by atoms with Crippen LogP contribution in [0.3, 0.4) is 0 Å². The maximum atomic E-state index is 11.8. The molecule has 1 aliphatic rings. The normalized spacial score (nSPS) is 23.3. The van der Waals surface area contributed by atoms with E-state index in [0.29, 0.717) is 13.0 Å². The summed E-state index contributed by atoms with van der Waals surface area (Å²) in [7, 11) is 1.66. The maximum absolute atomic E-state index is 11.8. The molecule has 0 bridgehead atoms. The van der Waals surface area contributed by atoms with Crippen LogP contribution in [0.25, 0.3) is 0 Å². The van der Waals surface area contributed by atoms with Gasteiger partial charge in [0.05, 0.1) is 19.8 Å². The predicted octanol–water partition coefficient (Wildman–Crippen LogP) is 4.42. The van der Waals surface area contributed by atoms with Crippen molar-refractivity contribution in [2.75, 3.05) is 7.11 Å². The second kappa shape index (κ2) is 10.1. The highest BCUT2D eigenvalue weighted by Gasteiger charge is 2.16. The third kappa shape index (κ3) is 6.36. The molecule has 0 fully saturated rings. The van der Waals surface area contributed by atoms with E-state index in [1.807, 2.05) is 24.3 Å². The van der Waals surface area contributed by atoms with Crippen molar-refractivity contribution in [1.29, 1.82) is 0 Å². The van der Waals surface area contributed by atoms with E-state index in [1.54, 1.807) is 7.11 Å². The maximum Gasteiger partial charge on any atom is 0.306 e. The van der Waals surface area contributed by atoms with Crippen LogP contribution in [-0.4, -0.2) is 25.3 Å². The first-order valence-electron chi connectivity index (χ1n) is 8.82. The molecule has 0 unspecified atom stereocenters. The number of esters is 1. The Morgan fingerprint density at radius 2 is 2.04 bits per heavy atom. The Bertz CT molecular complexity index is 521. The van der Waals surface area contributed by atoms with Gasteiger partial charge in [-0.2, -0.15) is 0 Å². The van der Waals surface area contributed by atoms with Crippen molar-refractivity contribution in [1.82, 2.24) is 0 Å². The topological polar surface area (TPSA) is 44.8 Å². The van der Waals surface area contributed by atoms with Crippen molar-refractivity contribution in [3.63, 3.8) is 0 Å². The molecule has 2 rings (SSSR count). The summed E-state index contributed by atoms with van der Waals surface area (Å²) in [6.07, 6.45) is 9.03. The lowest BCUT2D eigenvalue weighted by Crippen LogP contribution is -2.20. The summed E-state index contributed by atoms with van der Waals surface area (Å²) in [5.74, 6) is 0.760. The first-order chi connectivity index (χ1) is 11.7. The van der Waals surface area contributed by atoms with Gasteiger partial charge in [-0.3, -0.25) is 4.79 Å². The summed E-state index contributed by atoms with van der Waals surface area (Å²) in [5.41, 5.74) is 1.12. The average Bonchev–Trinajstić information content (AvgIpc) is 2.59. The van der Waals surface area contributed by atoms with Crippen molar-refractivity contribution in [2.45, 2.75) is 64.3 Å². The molecule has 0 aliphatic carbocycles. The minimum absolute atomic E-state index is 0.000844. The molecule has 0 saturated carbocycles. The number of ether oxygens (including phenoxy) is 3.